The Labute approximate surface area is 168 Å². The lowest BCUT2D eigenvalue weighted by molar-refractivity contribution is -0.137. The quantitative estimate of drug-likeness (QED) is 0.569. The molecule has 2 aromatic rings. The molecule has 0 aliphatic carbocycles. The van der Waals surface area contributed by atoms with Crippen molar-refractivity contribution in [3.63, 3.8) is 0 Å². The summed E-state index contributed by atoms with van der Waals surface area (Å²) in [7, 11) is 3.40. The summed E-state index contributed by atoms with van der Waals surface area (Å²) in [6, 6.07) is 12.3. The average Bonchev–Trinajstić information content (AvgIpc) is 2.70. The van der Waals surface area contributed by atoms with E-state index in [0.717, 1.165) is 23.3 Å². The molecule has 0 atom stereocenters. The van der Waals surface area contributed by atoms with E-state index in [-0.39, 0.29) is 5.91 Å². The van der Waals surface area contributed by atoms with E-state index < -0.39 is 11.7 Å². The van der Waals surface area contributed by atoms with Crippen molar-refractivity contribution in [1.29, 1.82) is 0 Å². The first-order valence-electron chi connectivity index (χ1n) is 9.21. The molecule has 5 nitrogen and oxygen atoms in total. The van der Waals surface area contributed by atoms with Crippen molar-refractivity contribution < 1.29 is 18.0 Å². The van der Waals surface area contributed by atoms with Crippen molar-refractivity contribution in [2.24, 2.45) is 4.99 Å². The van der Waals surface area contributed by atoms with Gasteiger partial charge in [0.2, 0.25) is 0 Å². The van der Waals surface area contributed by atoms with Gasteiger partial charge in [0, 0.05) is 32.7 Å². The van der Waals surface area contributed by atoms with Crippen LogP contribution in [0.25, 0.3) is 0 Å². The van der Waals surface area contributed by atoms with E-state index in [4.69, 9.17) is 0 Å². The highest BCUT2D eigenvalue weighted by Crippen LogP contribution is 2.29. The summed E-state index contributed by atoms with van der Waals surface area (Å²) in [6.45, 7) is 3.36. The molecule has 29 heavy (non-hydrogen) atoms. The Balaban J connectivity index is 2.10. The van der Waals surface area contributed by atoms with Crippen molar-refractivity contribution in [3.05, 3.63) is 70.8 Å². The Kier molecular flexibility index (Phi) is 7.64. The predicted octanol–water partition coefficient (Wildman–Crippen LogP) is 3.66. The standard InChI is InChI=1S/C21H25F3N4O/c1-4-26-20(27-13-16-6-5-7-17(12-16)19(29)25-2)28(3)14-15-8-10-18(11-9-15)21(22,23)24/h5-12H,4,13-14H2,1-3H3,(H,25,29)(H,26,27). The van der Waals surface area contributed by atoms with Gasteiger partial charge in [-0.2, -0.15) is 13.2 Å². The maximum absolute atomic E-state index is 12.7. The van der Waals surface area contributed by atoms with Crippen LogP contribution in [-0.2, 0) is 19.3 Å². The summed E-state index contributed by atoms with van der Waals surface area (Å²) in [5.74, 6) is 0.458. The van der Waals surface area contributed by atoms with Gasteiger partial charge in [0.25, 0.3) is 5.91 Å². The second-order valence-electron chi connectivity index (χ2n) is 6.50. The van der Waals surface area contributed by atoms with Crippen LogP contribution in [0.4, 0.5) is 13.2 Å². The smallest absolute Gasteiger partial charge is 0.357 e. The number of amides is 1. The number of halogens is 3. The molecule has 0 aliphatic rings. The zero-order chi connectivity index (χ0) is 21.4. The Hall–Kier alpha value is -3.03. The normalized spacial score (nSPS) is 11.9. The van der Waals surface area contributed by atoms with Gasteiger partial charge in [0.05, 0.1) is 12.1 Å². The molecule has 156 valence electrons. The van der Waals surface area contributed by atoms with E-state index in [9.17, 15) is 18.0 Å². The molecular weight excluding hydrogens is 381 g/mol. The van der Waals surface area contributed by atoms with Crippen LogP contribution in [0.2, 0.25) is 0 Å². The highest BCUT2D eigenvalue weighted by Gasteiger charge is 2.29. The van der Waals surface area contributed by atoms with Gasteiger partial charge >= 0.3 is 6.18 Å². The lowest BCUT2D eigenvalue weighted by Crippen LogP contribution is -2.38. The van der Waals surface area contributed by atoms with Gasteiger partial charge in [-0.3, -0.25) is 4.79 Å². The first kappa shape index (κ1) is 22.3. The summed E-state index contributed by atoms with van der Waals surface area (Å²) in [4.78, 5) is 18.2. The van der Waals surface area contributed by atoms with Crippen molar-refractivity contribution in [2.45, 2.75) is 26.2 Å². The van der Waals surface area contributed by atoms with Crippen molar-refractivity contribution in [2.75, 3.05) is 20.6 Å². The minimum Gasteiger partial charge on any atom is -0.357 e. The van der Waals surface area contributed by atoms with Gasteiger partial charge in [0.15, 0.2) is 5.96 Å². The molecule has 0 saturated carbocycles. The predicted molar refractivity (Wildman–Crippen MR) is 108 cm³/mol. The molecule has 0 saturated heterocycles. The number of nitrogens with one attached hydrogen (secondary N) is 2. The maximum Gasteiger partial charge on any atom is 0.416 e. The first-order valence-corrected chi connectivity index (χ1v) is 9.21. The number of nitrogens with zero attached hydrogens (tertiary/aromatic N) is 2. The highest BCUT2D eigenvalue weighted by atomic mass is 19.4. The molecule has 0 spiro atoms. The lowest BCUT2D eigenvalue weighted by Gasteiger charge is -2.22. The largest absolute Gasteiger partial charge is 0.416 e. The zero-order valence-electron chi connectivity index (χ0n) is 16.7. The Bertz CT molecular complexity index is 848. The number of hydrogen-bond donors (Lipinski definition) is 2. The minimum atomic E-state index is -4.34. The molecular formula is C21H25F3N4O. The number of alkyl halides is 3. The highest BCUT2D eigenvalue weighted by molar-refractivity contribution is 5.94. The van der Waals surface area contributed by atoms with E-state index in [2.05, 4.69) is 15.6 Å². The summed E-state index contributed by atoms with van der Waals surface area (Å²) in [5.41, 5.74) is 1.51. The summed E-state index contributed by atoms with van der Waals surface area (Å²) >= 11 is 0. The molecule has 2 aromatic carbocycles. The molecule has 8 heteroatoms. The second-order valence-corrected chi connectivity index (χ2v) is 6.50. The van der Waals surface area contributed by atoms with Gasteiger partial charge in [0.1, 0.15) is 0 Å². The molecule has 0 fully saturated rings. The second kappa shape index (κ2) is 9.95. The number of carbonyl (C=O) groups excluding carboxylic acids is 1. The fraction of sp³-hybridized carbons (Fsp3) is 0.333. The third kappa shape index (κ3) is 6.51. The molecule has 0 bridgehead atoms. The number of aliphatic imine (C=N–C) groups is 1. The van der Waals surface area contributed by atoms with Gasteiger partial charge in [-0.1, -0.05) is 24.3 Å². The van der Waals surface area contributed by atoms with Crippen molar-refractivity contribution in [1.82, 2.24) is 15.5 Å². The SMILES string of the molecule is CCNC(=NCc1cccc(C(=O)NC)c1)N(C)Cc1ccc(C(F)(F)F)cc1. The third-order valence-electron chi connectivity index (χ3n) is 4.23. The maximum atomic E-state index is 12.7. The van der Waals surface area contributed by atoms with Gasteiger partial charge in [-0.15, -0.1) is 0 Å². The third-order valence-corrected chi connectivity index (χ3v) is 4.23. The minimum absolute atomic E-state index is 0.165. The molecule has 0 radical (unpaired) electrons. The van der Waals surface area contributed by atoms with Crippen LogP contribution >= 0.6 is 0 Å². The molecule has 1 amide bonds. The Morgan fingerprint density at radius 2 is 1.79 bits per heavy atom. The molecule has 0 aromatic heterocycles. The molecule has 0 heterocycles. The fourth-order valence-corrected chi connectivity index (χ4v) is 2.74. The van der Waals surface area contributed by atoms with Crippen LogP contribution in [0.5, 0.6) is 0 Å². The lowest BCUT2D eigenvalue weighted by atomic mass is 10.1. The number of hydrogen-bond acceptors (Lipinski definition) is 2. The molecule has 0 aliphatic heterocycles. The van der Waals surface area contributed by atoms with Gasteiger partial charge in [-0.25, -0.2) is 4.99 Å². The number of benzene rings is 2. The monoisotopic (exact) mass is 406 g/mol. The number of rotatable bonds is 6. The van der Waals surface area contributed by atoms with Crippen LogP contribution in [0.3, 0.4) is 0 Å². The van der Waals surface area contributed by atoms with Crippen molar-refractivity contribution >= 4 is 11.9 Å². The van der Waals surface area contributed by atoms with E-state index in [0.29, 0.717) is 31.2 Å². The van der Waals surface area contributed by atoms with Crippen molar-refractivity contribution in [3.8, 4) is 0 Å². The van der Waals surface area contributed by atoms with Gasteiger partial charge < -0.3 is 15.5 Å². The van der Waals surface area contributed by atoms with E-state index >= 15 is 0 Å². The van der Waals surface area contributed by atoms with Crippen LogP contribution in [0.15, 0.2) is 53.5 Å². The first-order chi connectivity index (χ1) is 13.7. The van der Waals surface area contributed by atoms with E-state index in [1.54, 1.807) is 25.2 Å². The topological polar surface area (TPSA) is 56.7 Å². The van der Waals surface area contributed by atoms with Crippen LogP contribution in [0.1, 0.15) is 34.0 Å². The summed E-state index contributed by atoms with van der Waals surface area (Å²) in [6.07, 6.45) is -4.34. The van der Waals surface area contributed by atoms with Crippen LogP contribution in [0, 0.1) is 0 Å². The zero-order valence-corrected chi connectivity index (χ0v) is 16.7. The van der Waals surface area contributed by atoms with Crippen LogP contribution in [-0.4, -0.2) is 37.4 Å². The summed E-state index contributed by atoms with van der Waals surface area (Å²) < 4.78 is 38.1. The van der Waals surface area contributed by atoms with Crippen LogP contribution < -0.4 is 10.6 Å². The Morgan fingerprint density at radius 3 is 2.38 bits per heavy atom. The van der Waals surface area contributed by atoms with Gasteiger partial charge in [-0.05, 0) is 42.3 Å². The molecule has 2 rings (SSSR count). The van der Waals surface area contributed by atoms with E-state index in [1.165, 1.54) is 12.1 Å². The average molecular weight is 406 g/mol. The molecule has 0 unspecified atom stereocenters. The summed E-state index contributed by atoms with van der Waals surface area (Å²) in [5, 5.41) is 5.76. The number of guanidine groups is 1. The molecule has 2 N–H and O–H groups in total. The van der Waals surface area contributed by atoms with E-state index in [1.807, 2.05) is 24.9 Å². The number of carbonyl (C=O) groups is 1. The fourth-order valence-electron chi connectivity index (χ4n) is 2.74. The Morgan fingerprint density at radius 1 is 1.10 bits per heavy atom.